The predicted molar refractivity (Wildman–Crippen MR) is 45.5 cm³/mol. The summed E-state index contributed by atoms with van der Waals surface area (Å²) < 4.78 is 43.6. The average Bonchev–Trinajstić information content (AvgIpc) is 2.64. The van der Waals surface area contributed by atoms with Gasteiger partial charge in [0.05, 0.1) is 5.56 Å². The summed E-state index contributed by atoms with van der Waals surface area (Å²) in [7, 11) is 0. The van der Waals surface area contributed by atoms with Gasteiger partial charge in [0.2, 0.25) is 5.82 Å². The Labute approximate surface area is 87.3 Å². The Bertz CT molecular complexity index is 504. The van der Waals surface area contributed by atoms with Crippen molar-refractivity contribution < 1.29 is 22.8 Å². The van der Waals surface area contributed by atoms with Crippen LogP contribution in [0.2, 0.25) is 0 Å². The quantitative estimate of drug-likeness (QED) is 0.852. The van der Waals surface area contributed by atoms with E-state index in [9.17, 15) is 13.2 Å². The van der Waals surface area contributed by atoms with E-state index < -0.39 is 29.6 Å². The molecule has 1 N–H and O–H groups in total. The van der Waals surface area contributed by atoms with Gasteiger partial charge in [-0.15, -0.1) is 0 Å². The predicted octanol–water partition coefficient (Wildman–Crippen LogP) is 1.65. The number of benzene rings is 1. The molecule has 0 aliphatic carbocycles. The van der Waals surface area contributed by atoms with Crippen LogP contribution in [0.5, 0.6) is 0 Å². The van der Waals surface area contributed by atoms with E-state index in [4.69, 9.17) is 5.11 Å². The van der Waals surface area contributed by atoms with Gasteiger partial charge >= 0.3 is 0 Å². The van der Waals surface area contributed by atoms with Crippen LogP contribution >= 0.6 is 0 Å². The third kappa shape index (κ3) is 1.76. The Morgan fingerprint density at radius 1 is 1.19 bits per heavy atom. The standard InChI is InChI=1S/C9H5F3N2O2/c10-4-1-5(11)8(6(12)2-4)9-13-7(3-15)16-14-9/h1-2,15H,3H2. The average molecular weight is 230 g/mol. The minimum Gasteiger partial charge on any atom is -0.387 e. The molecule has 1 heterocycles. The van der Waals surface area contributed by atoms with E-state index in [1.807, 2.05) is 0 Å². The molecule has 0 saturated carbocycles. The summed E-state index contributed by atoms with van der Waals surface area (Å²) >= 11 is 0. The second-order valence-corrected chi connectivity index (χ2v) is 2.91. The Balaban J connectivity index is 2.55. The maximum Gasteiger partial charge on any atom is 0.252 e. The van der Waals surface area contributed by atoms with E-state index in [1.165, 1.54) is 0 Å². The number of rotatable bonds is 2. The molecule has 0 atom stereocenters. The van der Waals surface area contributed by atoms with E-state index in [0.717, 1.165) is 0 Å². The van der Waals surface area contributed by atoms with Crippen LogP contribution in [0.15, 0.2) is 16.7 Å². The topological polar surface area (TPSA) is 59.2 Å². The van der Waals surface area contributed by atoms with Crippen molar-refractivity contribution in [3.63, 3.8) is 0 Å². The summed E-state index contributed by atoms with van der Waals surface area (Å²) in [5, 5.41) is 11.9. The number of hydrogen-bond donors (Lipinski definition) is 1. The summed E-state index contributed by atoms with van der Waals surface area (Å²) in [6.45, 7) is -0.544. The van der Waals surface area contributed by atoms with Crippen LogP contribution in [-0.2, 0) is 6.61 Å². The highest BCUT2D eigenvalue weighted by molar-refractivity contribution is 5.56. The van der Waals surface area contributed by atoms with E-state index in [-0.39, 0.29) is 11.7 Å². The molecule has 7 heteroatoms. The van der Waals surface area contributed by atoms with Crippen LogP contribution in [0.1, 0.15) is 5.89 Å². The van der Waals surface area contributed by atoms with Crippen LogP contribution in [0.4, 0.5) is 13.2 Å². The van der Waals surface area contributed by atoms with Crippen molar-refractivity contribution in [3.05, 3.63) is 35.5 Å². The van der Waals surface area contributed by atoms with Crippen LogP contribution in [0, 0.1) is 17.5 Å². The molecule has 0 aliphatic heterocycles. The maximum atomic E-state index is 13.2. The van der Waals surface area contributed by atoms with Crippen molar-refractivity contribution >= 4 is 0 Å². The van der Waals surface area contributed by atoms with Crippen molar-refractivity contribution in [3.8, 4) is 11.4 Å². The molecule has 0 spiro atoms. The van der Waals surface area contributed by atoms with Crippen molar-refractivity contribution in [2.45, 2.75) is 6.61 Å². The number of halogens is 3. The number of hydrogen-bond acceptors (Lipinski definition) is 4. The lowest BCUT2D eigenvalue weighted by molar-refractivity contribution is 0.222. The van der Waals surface area contributed by atoms with E-state index in [1.54, 1.807) is 0 Å². The molecule has 84 valence electrons. The molecule has 0 bridgehead atoms. The van der Waals surface area contributed by atoms with E-state index >= 15 is 0 Å². The van der Waals surface area contributed by atoms with Crippen molar-refractivity contribution in [1.29, 1.82) is 0 Å². The fourth-order valence-electron chi connectivity index (χ4n) is 1.18. The molecular formula is C9H5F3N2O2. The van der Waals surface area contributed by atoms with Gasteiger partial charge in [0.1, 0.15) is 24.1 Å². The minimum absolute atomic E-state index is 0.182. The van der Waals surface area contributed by atoms with Gasteiger partial charge in [0.25, 0.3) is 5.89 Å². The number of nitrogens with zero attached hydrogens (tertiary/aromatic N) is 2. The van der Waals surface area contributed by atoms with Gasteiger partial charge in [-0.05, 0) is 0 Å². The fourth-order valence-corrected chi connectivity index (χ4v) is 1.18. The lowest BCUT2D eigenvalue weighted by atomic mass is 10.2. The fraction of sp³-hybridized carbons (Fsp3) is 0.111. The summed E-state index contributed by atoms with van der Waals surface area (Å²) in [6, 6.07) is 1.01. The molecule has 4 nitrogen and oxygen atoms in total. The molecule has 2 rings (SSSR count). The van der Waals surface area contributed by atoms with Gasteiger partial charge in [-0.1, -0.05) is 5.16 Å². The molecule has 2 aromatic rings. The lowest BCUT2D eigenvalue weighted by Gasteiger charge is -1.99. The second kappa shape index (κ2) is 3.93. The summed E-state index contributed by atoms with van der Waals surface area (Å²) in [6.07, 6.45) is 0. The number of aliphatic hydroxyl groups excluding tert-OH is 1. The Morgan fingerprint density at radius 2 is 1.81 bits per heavy atom. The van der Waals surface area contributed by atoms with Crippen molar-refractivity contribution in [2.75, 3.05) is 0 Å². The zero-order chi connectivity index (χ0) is 11.7. The largest absolute Gasteiger partial charge is 0.387 e. The van der Waals surface area contributed by atoms with Crippen molar-refractivity contribution in [2.24, 2.45) is 0 Å². The highest BCUT2D eigenvalue weighted by atomic mass is 19.1. The molecule has 0 amide bonds. The zero-order valence-electron chi connectivity index (χ0n) is 7.75. The third-order valence-electron chi connectivity index (χ3n) is 1.83. The van der Waals surface area contributed by atoms with Crippen LogP contribution in [0.3, 0.4) is 0 Å². The monoisotopic (exact) mass is 230 g/mol. The molecule has 0 fully saturated rings. The first-order valence-corrected chi connectivity index (χ1v) is 4.20. The normalized spacial score (nSPS) is 10.8. The maximum absolute atomic E-state index is 13.2. The van der Waals surface area contributed by atoms with Gasteiger partial charge in [0.15, 0.2) is 0 Å². The SMILES string of the molecule is OCc1nc(-c2c(F)cc(F)cc2F)no1. The van der Waals surface area contributed by atoms with Gasteiger partial charge in [0, 0.05) is 12.1 Å². The van der Waals surface area contributed by atoms with Crippen molar-refractivity contribution in [1.82, 2.24) is 10.1 Å². The Hall–Kier alpha value is -1.89. The van der Waals surface area contributed by atoms with Crippen LogP contribution < -0.4 is 0 Å². The number of aliphatic hydroxyl groups is 1. The molecule has 1 aromatic carbocycles. The van der Waals surface area contributed by atoms with Gasteiger partial charge in [-0.2, -0.15) is 4.98 Å². The van der Waals surface area contributed by atoms with Gasteiger partial charge in [-0.3, -0.25) is 0 Å². The number of aromatic nitrogens is 2. The Morgan fingerprint density at radius 3 is 2.31 bits per heavy atom. The first-order chi connectivity index (χ1) is 7.61. The molecule has 16 heavy (non-hydrogen) atoms. The summed E-state index contributed by atoms with van der Waals surface area (Å²) in [5.74, 6) is -3.87. The van der Waals surface area contributed by atoms with E-state index in [2.05, 4.69) is 14.7 Å². The third-order valence-corrected chi connectivity index (χ3v) is 1.83. The Kier molecular flexibility index (Phi) is 2.61. The smallest absolute Gasteiger partial charge is 0.252 e. The molecule has 0 saturated heterocycles. The molecule has 1 aromatic heterocycles. The first-order valence-electron chi connectivity index (χ1n) is 4.20. The van der Waals surface area contributed by atoms with Crippen LogP contribution in [0.25, 0.3) is 11.4 Å². The minimum atomic E-state index is -1.14. The van der Waals surface area contributed by atoms with Gasteiger partial charge < -0.3 is 9.63 Å². The second-order valence-electron chi connectivity index (χ2n) is 2.91. The molecular weight excluding hydrogens is 225 g/mol. The first kappa shape index (κ1) is 10.6. The molecule has 0 aliphatic rings. The van der Waals surface area contributed by atoms with Gasteiger partial charge in [-0.25, -0.2) is 13.2 Å². The zero-order valence-corrected chi connectivity index (χ0v) is 7.75. The molecule has 0 unspecified atom stereocenters. The highest BCUT2D eigenvalue weighted by Crippen LogP contribution is 2.24. The summed E-state index contributed by atoms with van der Waals surface area (Å²) in [4.78, 5) is 3.52. The molecule has 0 radical (unpaired) electrons. The highest BCUT2D eigenvalue weighted by Gasteiger charge is 2.18. The lowest BCUT2D eigenvalue weighted by Crippen LogP contribution is -1.94. The van der Waals surface area contributed by atoms with E-state index in [0.29, 0.717) is 12.1 Å². The van der Waals surface area contributed by atoms with Crippen LogP contribution in [-0.4, -0.2) is 15.2 Å². The summed E-state index contributed by atoms with van der Waals surface area (Å²) in [5.41, 5.74) is -0.593.